The van der Waals surface area contributed by atoms with E-state index in [1.54, 1.807) is 6.33 Å². The number of para-hydroxylation sites is 1. The van der Waals surface area contributed by atoms with Crippen LogP contribution in [0, 0.1) is 0 Å². The number of likely N-dealkylation sites (tertiary alicyclic amines) is 1. The van der Waals surface area contributed by atoms with Crippen LogP contribution >= 0.6 is 0 Å². The second-order valence-corrected chi connectivity index (χ2v) is 11.0. The molecule has 8 rings (SSSR count). The summed E-state index contributed by atoms with van der Waals surface area (Å²) >= 11 is 0. The van der Waals surface area contributed by atoms with E-state index in [0.29, 0.717) is 11.3 Å². The van der Waals surface area contributed by atoms with Gasteiger partial charge in [-0.1, -0.05) is 66.7 Å². The van der Waals surface area contributed by atoms with E-state index in [-0.39, 0.29) is 6.03 Å². The van der Waals surface area contributed by atoms with E-state index in [4.69, 9.17) is 4.98 Å². The zero-order chi connectivity index (χ0) is 28.0. The SMILES string of the molecule is O=C1N=c2cccc(C3CCN(Cc4ccc(-c5[nH]c6cc7ncnc7cc6nc5-c5ccccc5)cc4)CC3)c2=N1. The highest BCUT2D eigenvalue weighted by Gasteiger charge is 2.23. The second kappa shape index (κ2) is 10.1. The number of imidazole rings is 1. The van der Waals surface area contributed by atoms with Crippen molar-refractivity contribution in [2.75, 3.05) is 13.1 Å². The topological polar surface area (TPSA) is 99.5 Å². The lowest BCUT2D eigenvalue weighted by Gasteiger charge is -2.32. The summed E-state index contributed by atoms with van der Waals surface area (Å²) in [5.74, 6) is 0.399. The summed E-state index contributed by atoms with van der Waals surface area (Å²) in [6, 6.07) is 28.7. The smallest absolute Gasteiger partial charge is 0.351 e. The molecule has 1 saturated heterocycles. The number of H-pyrrole nitrogens is 1. The van der Waals surface area contributed by atoms with Crippen LogP contribution in [0.1, 0.15) is 29.9 Å². The standard InChI is InChI=1S/C34H27N7O/c42-34-39-26-8-4-7-25(33(26)40-34)22-13-15-41(16-14-22)19-21-9-11-24(12-10-21)32-31(23-5-2-1-3-6-23)37-29-17-27-28(36-20-35-27)18-30(29)38-32/h1-12,17-18,20,22,38H,13-16,19H2. The van der Waals surface area contributed by atoms with Gasteiger partial charge in [0, 0.05) is 17.7 Å². The van der Waals surface area contributed by atoms with Crippen molar-refractivity contribution in [2.45, 2.75) is 25.3 Å². The molecular weight excluding hydrogens is 522 g/mol. The first-order chi connectivity index (χ1) is 20.7. The van der Waals surface area contributed by atoms with Gasteiger partial charge in [0.25, 0.3) is 0 Å². The Bertz CT molecular complexity index is 2090. The number of nitrogens with zero attached hydrogens (tertiary/aromatic N) is 6. The van der Waals surface area contributed by atoms with E-state index in [9.17, 15) is 4.79 Å². The number of fused-ring (bicyclic) bond motifs is 3. The largest absolute Gasteiger partial charge is 0.368 e. The summed E-state index contributed by atoms with van der Waals surface area (Å²) in [6.45, 7) is 2.90. The first-order valence-electron chi connectivity index (χ1n) is 14.3. The molecule has 1 N–H and O–H groups in total. The molecule has 0 spiro atoms. The number of piperidine rings is 1. The molecule has 4 heterocycles. The zero-order valence-electron chi connectivity index (χ0n) is 22.9. The number of nitrogens with one attached hydrogen (secondary N) is 1. The van der Waals surface area contributed by atoms with Gasteiger partial charge in [-0.05, 0) is 61.2 Å². The minimum absolute atomic E-state index is 0.389. The van der Waals surface area contributed by atoms with Gasteiger partial charge in [0.15, 0.2) is 0 Å². The Hall–Kier alpha value is -5.08. The van der Waals surface area contributed by atoms with Gasteiger partial charge >= 0.3 is 6.03 Å². The Morgan fingerprint density at radius 2 is 1.57 bits per heavy atom. The fourth-order valence-electron chi connectivity index (χ4n) is 6.25. The third-order valence-electron chi connectivity index (χ3n) is 8.41. The predicted molar refractivity (Wildman–Crippen MR) is 161 cm³/mol. The van der Waals surface area contributed by atoms with Crippen LogP contribution in [0.4, 0.5) is 4.79 Å². The quantitative estimate of drug-likeness (QED) is 0.302. The Morgan fingerprint density at radius 3 is 2.38 bits per heavy atom. The number of benzene rings is 4. The molecule has 0 bridgehead atoms. The van der Waals surface area contributed by atoms with Crippen LogP contribution in [-0.4, -0.2) is 44.0 Å². The van der Waals surface area contributed by atoms with E-state index >= 15 is 0 Å². The molecule has 0 atom stereocenters. The van der Waals surface area contributed by atoms with Gasteiger partial charge in [0.05, 0.1) is 44.2 Å². The fraction of sp³-hybridized carbons (Fsp3) is 0.176. The summed E-state index contributed by atoms with van der Waals surface area (Å²) in [4.78, 5) is 39.9. The van der Waals surface area contributed by atoms with Gasteiger partial charge in [-0.3, -0.25) is 4.90 Å². The lowest BCUT2D eigenvalue weighted by atomic mass is 9.88. The van der Waals surface area contributed by atoms with Crippen LogP contribution in [0.3, 0.4) is 0 Å². The Labute approximate surface area is 241 Å². The molecule has 6 aromatic rings. The first-order valence-corrected chi connectivity index (χ1v) is 14.3. The molecule has 1 fully saturated rings. The number of rotatable bonds is 5. The molecule has 42 heavy (non-hydrogen) atoms. The lowest BCUT2D eigenvalue weighted by molar-refractivity contribution is 0.204. The number of aromatic nitrogens is 4. The number of amides is 2. The van der Waals surface area contributed by atoms with Crippen molar-refractivity contribution in [3.05, 3.63) is 113 Å². The second-order valence-electron chi connectivity index (χ2n) is 11.0. The molecule has 204 valence electrons. The van der Waals surface area contributed by atoms with Gasteiger partial charge in [-0.2, -0.15) is 9.98 Å². The highest BCUT2D eigenvalue weighted by molar-refractivity contribution is 5.94. The van der Waals surface area contributed by atoms with E-state index in [1.807, 2.05) is 42.5 Å². The van der Waals surface area contributed by atoms with Gasteiger partial charge in [0.2, 0.25) is 0 Å². The number of urea groups is 1. The Balaban J connectivity index is 1.04. The van der Waals surface area contributed by atoms with Crippen molar-refractivity contribution >= 4 is 28.1 Å². The molecule has 0 saturated carbocycles. The van der Waals surface area contributed by atoms with Crippen molar-refractivity contribution in [2.24, 2.45) is 9.98 Å². The van der Waals surface area contributed by atoms with E-state index in [1.165, 1.54) is 5.56 Å². The number of aromatic amines is 1. The summed E-state index contributed by atoms with van der Waals surface area (Å²) in [7, 11) is 0. The summed E-state index contributed by atoms with van der Waals surface area (Å²) in [6.07, 6.45) is 3.67. The van der Waals surface area contributed by atoms with Crippen LogP contribution < -0.4 is 10.7 Å². The number of carbonyl (C=O) groups excluding carboxylic acids is 1. The van der Waals surface area contributed by atoms with Crippen molar-refractivity contribution in [3.8, 4) is 22.5 Å². The zero-order valence-corrected chi connectivity index (χ0v) is 22.9. The van der Waals surface area contributed by atoms with Gasteiger partial charge in [0.1, 0.15) is 6.33 Å². The minimum atomic E-state index is -0.389. The first kappa shape index (κ1) is 24.7. The molecule has 2 aliphatic heterocycles. The lowest BCUT2D eigenvalue weighted by Crippen LogP contribution is -2.35. The molecular formula is C34H27N7O. The predicted octanol–water partition coefficient (Wildman–Crippen LogP) is 5.59. The van der Waals surface area contributed by atoms with Gasteiger partial charge in [-0.25, -0.2) is 19.7 Å². The van der Waals surface area contributed by atoms with Crippen LogP contribution in [0.25, 0.3) is 44.6 Å². The highest BCUT2D eigenvalue weighted by atomic mass is 16.2. The molecule has 2 aromatic heterocycles. The summed E-state index contributed by atoms with van der Waals surface area (Å²) in [5.41, 5.74) is 9.95. The number of carbonyl (C=O) groups is 1. The van der Waals surface area contributed by atoms with Crippen molar-refractivity contribution < 1.29 is 4.79 Å². The molecule has 0 aliphatic carbocycles. The van der Waals surface area contributed by atoms with Crippen molar-refractivity contribution in [1.82, 2.24) is 24.8 Å². The van der Waals surface area contributed by atoms with Gasteiger partial charge in [-0.15, -0.1) is 0 Å². The van der Waals surface area contributed by atoms with E-state index < -0.39 is 0 Å². The molecule has 8 heteroatoms. The number of hydrogen-bond acceptors (Lipinski definition) is 5. The summed E-state index contributed by atoms with van der Waals surface area (Å²) in [5, 5.41) is 1.49. The van der Waals surface area contributed by atoms with Crippen LogP contribution in [0.5, 0.6) is 0 Å². The average molecular weight is 550 g/mol. The van der Waals surface area contributed by atoms with Gasteiger partial charge < -0.3 is 4.98 Å². The van der Waals surface area contributed by atoms with Crippen molar-refractivity contribution in [1.29, 1.82) is 0 Å². The average Bonchev–Trinajstić information content (AvgIpc) is 3.65. The molecule has 4 aromatic carbocycles. The van der Waals surface area contributed by atoms with Crippen molar-refractivity contribution in [3.63, 3.8) is 0 Å². The van der Waals surface area contributed by atoms with Crippen LogP contribution in [0.15, 0.2) is 101 Å². The van der Waals surface area contributed by atoms with Crippen LogP contribution in [-0.2, 0) is 6.54 Å². The van der Waals surface area contributed by atoms with Crippen LogP contribution in [0.2, 0.25) is 0 Å². The highest BCUT2D eigenvalue weighted by Crippen LogP contribution is 2.33. The summed E-state index contributed by atoms with van der Waals surface area (Å²) < 4.78 is 0. The molecule has 8 nitrogen and oxygen atoms in total. The fourth-order valence-corrected chi connectivity index (χ4v) is 6.25. The molecule has 2 aliphatic rings. The Morgan fingerprint density at radius 1 is 0.786 bits per heavy atom. The maximum Gasteiger partial charge on any atom is 0.368 e. The Kier molecular flexibility index (Phi) is 5.93. The normalized spacial score (nSPS) is 15.6. The molecule has 2 amide bonds. The maximum atomic E-state index is 11.7. The molecule has 0 unspecified atom stereocenters. The maximum absolute atomic E-state index is 11.7. The molecule has 0 radical (unpaired) electrons. The third-order valence-corrected chi connectivity index (χ3v) is 8.41. The monoisotopic (exact) mass is 549 g/mol. The third kappa shape index (κ3) is 4.46. The van der Waals surface area contributed by atoms with E-state index in [0.717, 1.165) is 88.0 Å². The van der Waals surface area contributed by atoms with E-state index in [2.05, 4.69) is 72.3 Å². The number of hydrogen-bond donors (Lipinski definition) is 1. The minimum Gasteiger partial charge on any atom is -0.351 e.